The fourth-order valence-electron chi connectivity index (χ4n) is 3.21. The van der Waals surface area contributed by atoms with Crippen molar-refractivity contribution in [3.05, 3.63) is 56.0 Å². The Kier molecular flexibility index (Phi) is 4.17. The van der Waals surface area contributed by atoms with Crippen LogP contribution < -0.4 is 10.5 Å². The van der Waals surface area contributed by atoms with E-state index >= 15 is 0 Å². The van der Waals surface area contributed by atoms with Crippen molar-refractivity contribution in [2.45, 2.75) is 25.8 Å². The number of rotatable bonds is 4. The highest BCUT2D eigenvalue weighted by Gasteiger charge is 2.42. The smallest absolute Gasteiger partial charge is 0.259 e. The van der Waals surface area contributed by atoms with Crippen molar-refractivity contribution in [3.8, 4) is 6.07 Å². The van der Waals surface area contributed by atoms with Gasteiger partial charge in [0.25, 0.3) is 5.56 Å². The molecule has 0 saturated heterocycles. The minimum atomic E-state index is -0.0922. The van der Waals surface area contributed by atoms with Crippen LogP contribution in [-0.4, -0.2) is 21.4 Å². The molecular weight excluding hydrogens is 370 g/mol. The lowest BCUT2D eigenvalue weighted by molar-refractivity contribution is 0.841. The van der Waals surface area contributed by atoms with Crippen molar-refractivity contribution >= 4 is 33.7 Å². The van der Waals surface area contributed by atoms with E-state index < -0.39 is 0 Å². The molecule has 1 aliphatic carbocycles. The molecule has 3 aromatic heterocycles. The molecule has 0 N–H and O–H groups in total. The van der Waals surface area contributed by atoms with Gasteiger partial charge < -0.3 is 4.90 Å². The second-order valence-electron chi connectivity index (χ2n) is 6.52. The van der Waals surface area contributed by atoms with Crippen LogP contribution in [-0.2, 0) is 6.54 Å². The molecule has 1 aliphatic rings. The summed E-state index contributed by atoms with van der Waals surface area (Å²) in [6, 6.07) is 7.47. The number of anilines is 1. The van der Waals surface area contributed by atoms with Gasteiger partial charge in [0.05, 0.1) is 29.2 Å². The summed E-state index contributed by atoms with van der Waals surface area (Å²) in [5.74, 6) is 0.925. The second kappa shape index (κ2) is 6.38. The van der Waals surface area contributed by atoms with E-state index in [0.29, 0.717) is 22.2 Å². The maximum atomic E-state index is 12.7. The highest BCUT2D eigenvalue weighted by molar-refractivity contribution is 7.17. The van der Waals surface area contributed by atoms with Gasteiger partial charge in [-0.15, -0.1) is 11.3 Å². The Morgan fingerprint density at radius 1 is 1.50 bits per heavy atom. The normalized spacial score (nSPS) is 18.7. The Labute approximate surface area is 159 Å². The minimum Gasteiger partial charge on any atom is -0.354 e. The van der Waals surface area contributed by atoms with Crippen molar-refractivity contribution < 1.29 is 0 Å². The maximum absolute atomic E-state index is 12.7. The molecule has 0 spiro atoms. The third-order valence-corrected chi connectivity index (χ3v) is 5.79. The third kappa shape index (κ3) is 2.96. The molecule has 0 radical (unpaired) electrons. The van der Waals surface area contributed by atoms with E-state index in [1.807, 2.05) is 24.9 Å². The van der Waals surface area contributed by atoms with Crippen LogP contribution in [0, 0.1) is 24.2 Å². The standard InChI is InChI=1S/C18H16ClN5OS/c1-10-17(14-5-11(14)7-20)24-16(25)6-13(22-18(24)26-10)9-23(2)15-4-3-12(19)8-21-15/h3-4,6,8,11,14H,5,9H2,1-2H3. The van der Waals surface area contributed by atoms with Gasteiger partial charge >= 0.3 is 0 Å². The quantitative estimate of drug-likeness (QED) is 0.688. The summed E-state index contributed by atoms with van der Waals surface area (Å²) in [4.78, 5) is 25.3. The van der Waals surface area contributed by atoms with Crippen LogP contribution >= 0.6 is 22.9 Å². The van der Waals surface area contributed by atoms with Gasteiger partial charge in [0.15, 0.2) is 4.96 Å². The van der Waals surface area contributed by atoms with Gasteiger partial charge in [-0.2, -0.15) is 5.26 Å². The largest absolute Gasteiger partial charge is 0.354 e. The lowest BCUT2D eigenvalue weighted by Crippen LogP contribution is -2.22. The van der Waals surface area contributed by atoms with Gasteiger partial charge in [-0.25, -0.2) is 9.97 Å². The third-order valence-electron chi connectivity index (χ3n) is 4.60. The maximum Gasteiger partial charge on any atom is 0.259 e. The lowest BCUT2D eigenvalue weighted by Gasteiger charge is -2.17. The van der Waals surface area contributed by atoms with Crippen LogP contribution in [0.5, 0.6) is 0 Å². The highest BCUT2D eigenvalue weighted by atomic mass is 35.5. The molecule has 26 heavy (non-hydrogen) atoms. The molecule has 8 heteroatoms. The molecule has 0 aromatic carbocycles. The second-order valence-corrected chi connectivity index (χ2v) is 8.13. The summed E-state index contributed by atoms with van der Waals surface area (Å²) in [6.07, 6.45) is 2.41. The summed E-state index contributed by atoms with van der Waals surface area (Å²) in [6.45, 7) is 2.46. The van der Waals surface area contributed by atoms with Gasteiger partial charge in [0, 0.05) is 35.8 Å². The average Bonchev–Trinajstić information content (AvgIpc) is 3.30. The Bertz CT molecular complexity index is 1080. The summed E-state index contributed by atoms with van der Waals surface area (Å²) in [5.41, 5.74) is 1.55. The van der Waals surface area contributed by atoms with Gasteiger partial charge in [-0.05, 0) is 25.5 Å². The molecule has 6 nitrogen and oxygen atoms in total. The van der Waals surface area contributed by atoms with Crippen molar-refractivity contribution in [3.63, 3.8) is 0 Å². The number of thiazole rings is 1. The van der Waals surface area contributed by atoms with Crippen LogP contribution in [0.2, 0.25) is 5.02 Å². The zero-order valence-electron chi connectivity index (χ0n) is 14.3. The Hall–Kier alpha value is -2.43. The Morgan fingerprint density at radius 2 is 2.31 bits per heavy atom. The van der Waals surface area contributed by atoms with Crippen molar-refractivity contribution in [2.24, 2.45) is 5.92 Å². The predicted octanol–water partition coefficient (Wildman–Crippen LogP) is 3.38. The summed E-state index contributed by atoms with van der Waals surface area (Å²) in [7, 11) is 1.90. The van der Waals surface area contributed by atoms with E-state index in [0.717, 1.165) is 22.8 Å². The SMILES string of the molecule is Cc1sc2nc(CN(C)c3ccc(Cl)cn3)cc(=O)n2c1C1CC1C#N. The summed E-state index contributed by atoms with van der Waals surface area (Å²) in [5, 5.41) is 9.69. The van der Waals surface area contributed by atoms with Crippen molar-refractivity contribution in [1.29, 1.82) is 5.26 Å². The topological polar surface area (TPSA) is 74.3 Å². The van der Waals surface area contributed by atoms with Crippen molar-refractivity contribution in [2.75, 3.05) is 11.9 Å². The number of pyridine rings is 1. The van der Waals surface area contributed by atoms with E-state index in [1.54, 1.807) is 22.7 Å². The molecule has 4 rings (SSSR count). The van der Waals surface area contributed by atoms with Gasteiger partial charge in [0.1, 0.15) is 5.82 Å². The number of fused-ring (bicyclic) bond motifs is 1. The van der Waals surface area contributed by atoms with E-state index in [1.165, 1.54) is 11.3 Å². The molecule has 132 valence electrons. The molecule has 3 heterocycles. The number of hydrogen-bond donors (Lipinski definition) is 0. The van der Waals surface area contributed by atoms with Crippen molar-refractivity contribution in [1.82, 2.24) is 14.4 Å². The van der Waals surface area contributed by atoms with Crippen LogP contribution in [0.4, 0.5) is 5.82 Å². The molecular formula is C18H16ClN5OS. The Morgan fingerprint density at radius 3 is 2.96 bits per heavy atom. The first kappa shape index (κ1) is 17.0. The molecule has 2 unspecified atom stereocenters. The van der Waals surface area contributed by atoms with E-state index in [4.69, 9.17) is 16.9 Å². The minimum absolute atomic E-state index is 0.0141. The van der Waals surface area contributed by atoms with Crippen LogP contribution in [0.15, 0.2) is 29.2 Å². The first-order chi connectivity index (χ1) is 12.5. The number of aryl methyl sites for hydroxylation is 1. The molecule has 1 fully saturated rings. The van der Waals surface area contributed by atoms with Gasteiger partial charge in [-0.3, -0.25) is 9.20 Å². The molecule has 0 amide bonds. The first-order valence-electron chi connectivity index (χ1n) is 8.22. The van der Waals surface area contributed by atoms with E-state index in [9.17, 15) is 4.79 Å². The summed E-state index contributed by atoms with van der Waals surface area (Å²) >= 11 is 7.38. The molecule has 1 saturated carbocycles. The number of nitriles is 1. The van der Waals surface area contributed by atoms with Gasteiger partial charge in [-0.1, -0.05) is 11.6 Å². The molecule has 0 bridgehead atoms. The zero-order chi connectivity index (χ0) is 18.4. The predicted molar refractivity (Wildman–Crippen MR) is 102 cm³/mol. The van der Waals surface area contributed by atoms with Gasteiger partial charge in [0.2, 0.25) is 0 Å². The molecule has 2 atom stereocenters. The monoisotopic (exact) mass is 385 g/mol. The Balaban J connectivity index is 1.67. The number of hydrogen-bond acceptors (Lipinski definition) is 6. The van der Waals surface area contributed by atoms with Crippen LogP contribution in [0.25, 0.3) is 4.96 Å². The van der Waals surface area contributed by atoms with Crippen LogP contribution in [0.1, 0.15) is 28.6 Å². The van der Waals surface area contributed by atoms with Crippen LogP contribution in [0.3, 0.4) is 0 Å². The highest BCUT2D eigenvalue weighted by Crippen LogP contribution is 2.48. The lowest BCUT2D eigenvalue weighted by atomic mass is 10.2. The number of aromatic nitrogens is 3. The molecule has 3 aromatic rings. The average molecular weight is 386 g/mol. The first-order valence-corrected chi connectivity index (χ1v) is 9.41. The number of halogens is 1. The summed E-state index contributed by atoms with van der Waals surface area (Å²) < 4.78 is 1.67. The number of nitrogens with zero attached hydrogens (tertiary/aromatic N) is 5. The fourth-order valence-corrected chi connectivity index (χ4v) is 4.38. The fraction of sp³-hybridized carbons (Fsp3) is 0.333. The van der Waals surface area contributed by atoms with E-state index in [2.05, 4.69) is 16.0 Å². The molecule has 0 aliphatic heterocycles. The zero-order valence-corrected chi connectivity index (χ0v) is 15.9. The van der Waals surface area contributed by atoms with E-state index in [-0.39, 0.29) is 17.4 Å².